The third kappa shape index (κ3) is 3.22. The number of nitrogens with two attached hydrogens (primary N) is 1. The van der Waals surface area contributed by atoms with Crippen LogP contribution in [0.4, 0.5) is 10.2 Å². The normalized spacial score (nSPS) is 12.5. The van der Waals surface area contributed by atoms with Crippen molar-refractivity contribution in [2.75, 3.05) is 5.73 Å². The number of halogens is 2. The standard InChI is InChI=1S/C22H17FIN7O/c1-11-6-7-15-28-18(12(2)31-21-17(19(24)29-31)20(25)26-10-27-21)16(22(32)30(15)9-11)13-4-3-5-14(23)8-13/h3-10,12H,1-2H3,(H2,25,26,27). The number of nitrogens with zero attached hydrogens (tertiary/aromatic N) is 6. The van der Waals surface area contributed by atoms with Gasteiger partial charge in [0.15, 0.2) is 5.65 Å². The monoisotopic (exact) mass is 541 g/mol. The number of anilines is 1. The Morgan fingerprint density at radius 3 is 2.78 bits per heavy atom. The summed E-state index contributed by atoms with van der Waals surface area (Å²) in [6, 6.07) is 9.13. The average molecular weight is 541 g/mol. The number of nitrogen functional groups attached to an aromatic ring is 1. The number of benzene rings is 1. The van der Waals surface area contributed by atoms with Crippen LogP contribution in [0.2, 0.25) is 0 Å². The Morgan fingerprint density at radius 1 is 1.19 bits per heavy atom. The van der Waals surface area contributed by atoms with Crippen LogP contribution in [0.15, 0.2) is 53.7 Å². The lowest BCUT2D eigenvalue weighted by Gasteiger charge is -2.18. The van der Waals surface area contributed by atoms with Crippen molar-refractivity contribution in [3.8, 4) is 11.1 Å². The quantitative estimate of drug-likeness (QED) is 0.349. The lowest BCUT2D eigenvalue weighted by Crippen LogP contribution is -2.23. The maximum absolute atomic E-state index is 14.1. The van der Waals surface area contributed by atoms with Crippen LogP contribution < -0.4 is 11.3 Å². The molecule has 8 nitrogen and oxygen atoms in total. The van der Waals surface area contributed by atoms with Gasteiger partial charge in [-0.25, -0.2) is 24.0 Å². The van der Waals surface area contributed by atoms with Crippen LogP contribution in [-0.4, -0.2) is 29.1 Å². The van der Waals surface area contributed by atoms with Crippen molar-refractivity contribution in [3.05, 3.63) is 80.1 Å². The van der Waals surface area contributed by atoms with Crippen LogP contribution in [0.5, 0.6) is 0 Å². The highest BCUT2D eigenvalue weighted by atomic mass is 127. The molecule has 160 valence electrons. The molecule has 0 fully saturated rings. The largest absolute Gasteiger partial charge is 0.383 e. The first-order chi connectivity index (χ1) is 15.3. The number of fused-ring (bicyclic) bond motifs is 2. The first-order valence-corrected chi connectivity index (χ1v) is 10.9. The van der Waals surface area contributed by atoms with Gasteiger partial charge in [-0.05, 0) is 65.8 Å². The minimum Gasteiger partial charge on any atom is -0.383 e. The summed E-state index contributed by atoms with van der Waals surface area (Å²) in [4.78, 5) is 26.8. The number of pyridine rings is 1. The molecule has 0 amide bonds. The number of hydrogen-bond donors (Lipinski definition) is 1. The van der Waals surface area contributed by atoms with Gasteiger partial charge >= 0.3 is 0 Å². The van der Waals surface area contributed by atoms with Gasteiger partial charge in [-0.15, -0.1) is 0 Å². The summed E-state index contributed by atoms with van der Waals surface area (Å²) in [7, 11) is 0. The molecule has 5 aromatic rings. The number of aryl methyl sites for hydroxylation is 1. The molecule has 4 aromatic heterocycles. The lowest BCUT2D eigenvalue weighted by molar-refractivity contribution is 0.562. The molecule has 0 aliphatic carbocycles. The van der Waals surface area contributed by atoms with E-state index in [9.17, 15) is 9.18 Å². The molecule has 2 N–H and O–H groups in total. The van der Waals surface area contributed by atoms with Crippen LogP contribution in [0.25, 0.3) is 27.8 Å². The molecule has 0 spiro atoms. The molecule has 0 saturated carbocycles. The smallest absolute Gasteiger partial charge is 0.266 e. The maximum atomic E-state index is 14.1. The van der Waals surface area contributed by atoms with Gasteiger partial charge in [0.2, 0.25) is 0 Å². The predicted octanol–water partition coefficient (Wildman–Crippen LogP) is 3.74. The topological polar surface area (TPSA) is 104 Å². The van der Waals surface area contributed by atoms with E-state index < -0.39 is 11.9 Å². The lowest BCUT2D eigenvalue weighted by atomic mass is 10.0. The van der Waals surface area contributed by atoms with E-state index in [4.69, 9.17) is 10.7 Å². The zero-order valence-corrected chi connectivity index (χ0v) is 19.3. The highest BCUT2D eigenvalue weighted by Crippen LogP contribution is 2.31. The van der Waals surface area contributed by atoms with Crippen LogP contribution >= 0.6 is 22.6 Å². The van der Waals surface area contributed by atoms with Gasteiger partial charge in [-0.1, -0.05) is 18.2 Å². The Balaban J connectivity index is 1.84. The third-order valence-corrected chi connectivity index (χ3v) is 6.11. The van der Waals surface area contributed by atoms with Crippen molar-refractivity contribution < 1.29 is 4.39 Å². The molecule has 32 heavy (non-hydrogen) atoms. The van der Waals surface area contributed by atoms with E-state index in [1.807, 2.05) is 19.9 Å². The molecule has 0 aliphatic heterocycles. The van der Waals surface area contributed by atoms with E-state index in [1.54, 1.807) is 29.1 Å². The van der Waals surface area contributed by atoms with Crippen molar-refractivity contribution in [2.45, 2.75) is 19.9 Å². The maximum Gasteiger partial charge on any atom is 0.266 e. The second-order valence-corrected chi connectivity index (χ2v) is 8.51. The predicted molar refractivity (Wildman–Crippen MR) is 128 cm³/mol. The van der Waals surface area contributed by atoms with Gasteiger partial charge in [0.1, 0.15) is 27.3 Å². The van der Waals surface area contributed by atoms with Crippen molar-refractivity contribution in [2.24, 2.45) is 0 Å². The highest BCUT2D eigenvalue weighted by molar-refractivity contribution is 14.1. The molecule has 1 atom stereocenters. The third-order valence-electron chi connectivity index (χ3n) is 5.35. The van der Waals surface area contributed by atoms with E-state index in [1.165, 1.54) is 22.9 Å². The summed E-state index contributed by atoms with van der Waals surface area (Å²) in [6.45, 7) is 3.77. The molecule has 4 heterocycles. The Kier molecular flexibility index (Phi) is 4.88. The molecule has 1 aromatic carbocycles. The van der Waals surface area contributed by atoms with E-state index in [2.05, 4.69) is 37.7 Å². The van der Waals surface area contributed by atoms with Gasteiger partial charge in [0.05, 0.1) is 22.7 Å². The summed E-state index contributed by atoms with van der Waals surface area (Å²) in [5, 5.41) is 5.24. The van der Waals surface area contributed by atoms with Gasteiger partial charge in [-0.2, -0.15) is 5.10 Å². The van der Waals surface area contributed by atoms with E-state index in [0.29, 0.717) is 43.0 Å². The average Bonchev–Trinajstić information content (AvgIpc) is 3.11. The van der Waals surface area contributed by atoms with E-state index in [-0.39, 0.29) is 5.56 Å². The molecule has 0 radical (unpaired) electrons. The van der Waals surface area contributed by atoms with Crippen molar-refractivity contribution in [1.29, 1.82) is 0 Å². The Bertz CT molecular complexity index is 1580. The van der Waals surface area contributed by atoms with Crippen LogP contribution in [0.3, 0.4) is 0 Å². The molecule has 10 heteroatoms. The first kappa shape index (κ1) is 20.5. The fourth-order valence-electron chi connectivity index (χ4n) is 3.82. The van der Waals surface area contributed by atoms with E-state index >= 15 is 0 Å². The van der Waals surface area contributed by atoms with Crippen LogP contribution in [0, 0.1) is 16.4 Å². The summed E-state index contributed by atoms with van der Waals surface area (Å²) >= 11 is 2.08. The van der Waals surface area contributed by atoms with Crippen molar-refractivity contribution >= 4 is 45.1 Å². The molecule has 5 rings (SSSR count). The molecular weight excluding hydrogens is 524 g/mol. The SMILES string of the molecule is Cc1ccc2nc(C(C)n3nc(I)c4c(N)ncnc43)c(-c3cccc(F)c3)c(=O)n2c1. The Labute approximate surface area is 195 Å². The van der Waals surface area contributed by atoms with Gasteiger partial charge < -0.3 is 5.73 Å². The summed E-state index contributed by atoms with van der Waals surface area (Å²) in [6.07, 6.45) is 3.10. The molecule has 1 unspecified atom stereocenters. The van der Waals surface area contributed by atoms with Gasteiger partial charge in [0.25, 0.3) is 5.56 Å². The molecule has 0 bridgehead atoms. The minimum absolute atomic E-state index is 0.286. The summed E-state index contributed by atoms with van der Waals surface area (Å²) in [5.41, 5.74) is 8.90. The first-order valence-electron chi connectivity index (χ1n) is 9.78. The van der Waals surface area contributed by atoms with Crippen LogP contribution in [-0.2, 0) is 0 Å². The van der Waals surface area contributed by atoms with E-state index in [0.717, 1.165) is 5.56 Å². The van der Waals surface area contributed by atoms with Crippen LogP contribution in [0.1, 0.15) is 24.2 Å². The van der Waals surface area contributed by atoms with Crippen molar-refractivity contribution in [1.82, 2.24) is 29.1 Å². The molecule has 0 aliphatic rings. The fraction of sp³-hybridized carbons (Fsp3) is 0.136. The minimum atomic E-state index is -0.493. The van der Waals surface area contributed by atoms with Gasteiger partial charge in [-0.3, -0.25) is 9.20 Å². The summed E-state index contributed by atoms with van der Waals surface area (Å²) in [5.74, 6) is -0.111. The van der Waals surface area contributed by atoms with Crippen molar-refractivity contribution in [3.63, 3.8) is 0 Å². The number of rotatable bonds is 3. The second kappa shape index (κ2) is 7.62. The van der Waals surface area contributed by atoms with Gasteiger partial charge in [0, 0.05) is 6.20 Å². The zero-order chi connectivity index (χ0) is 22.6. The summed E-state index contributed by atoms with van der Waals surface area (Å²) < 4.78 is 17.9. The second-order valence-electron chi connectivity index (χ2n) is 7.49. The highest BCUT2D eigenvalue weighted by Gasteiger charge is 2.25. The zero-order valence-electron chi connectivity index (χ0n) is 17.1. The number of hydrogen-bond acceptors (Lipinski definition) is 6. The fourth-order valence-corrected chi connectivity index (χ4v) is 4.57. The Morgan fingerprint density at radius 2 is 2.00 bits per heavy atom. The molecule has 0 saturated heterocycles. The molecular formula is C22H17FIN7O. The number of aromatic nitrogens is 6. The Hall–Kier alpha value is -3.41.